The van der Waals surface area contributed by atoms with Crippen LogP contribution in [0.4, 0.5) is 5.82 Å². The fourth-order valence-electron chi connectivity index (χ4n) is 2.62. The molecular formula is C14H19N3. The molecule has 0 amide bonds. The zero-order valence-corrected chi connectivity index (χ0v) is 10.2. The Balaban J connectivity index is 1.77. The molecule has 2 aliphatic heterocycles. The summed E-state index contributed by atoms with van der Waals surface area (Å²) in [5.74, 6) is 1.13. The maximum Gasteiger partial charge on any atom is 0.128 e. The number of hydrogen-bond donors (Lipinski definition) is 0. The van der Waals surface area contributed by atoms with Crippen LogP contribution in [0.5, 0.6) is 0 Å². The second kappa shape index (κ2) is 4.86. The van der Waals surface area contributed by atoms with Gasteiger partial charge in [0.25, 0.3) is 0 Å². The smallest absolute Gasteiger partial charge is 0.128 e. The summed E-state index contributed by atoms with van der Waals surface area (Å²) in [6.45, 7) is 3.31. The summed E-state index contributed by atoms with van der Waals surface area (Å²) in [6, 6.07) is 4.34. The SMILES string of the molecule is c1cc(N2CCCC2)ncc1C1=NCCCC1. The number of hydrogen-bond acceptors (Lipinski definition) is 3. The van der Waals surface area contributed by atoms with Gasteiger partial charge in [-0.05, 0) is 44.2 Å². The number of aromatic nitrogens is 1. The van der Waals surface area contributed by atoms with Crippen LogP contribution in [0.1, 0.15) is 37.7 Å². The highest BCUT2D eigenvalue weighted by atomic mass is 15.2. The van der Waals surface area contributed by atoms with E-state index in [4.69, 9.17) is 0 Å². The lowest BCUT2D eigenvalue weighted by Crippen LogP contribution is -2.19. The molecule has 0 radical (unpaired) electrons. The van der Waals surface area contributed by atoms with Crippen molar-refractivity contribution >= 4 is 11.5 Å². The van der Waals surface area contributed by atoms with Crippen LogP contribution in [0.25, 0.3) is 0 Å². The first-order chi connectivity index (χ1) is 8.43. The third-order valence-electron chi connectivity index (χ3n) is 3.64. The zero-order chi connectivity index (χ0) is 11.5. The third-order valence-corrected chi connectivity index (χ3v) is 3.64. The normalized spacial score (nSPS) is 20.5. The summed E-state index contributed by atoms with van der Waals surface area (Å²) in [5, 5.41) is 0. The van der Waals surface area contributed by atoms with Crippen LogP contribution in [-0.4, -0.2) is 30.3 Å². The molecule has 90 valence electrons. The van der Waals surface area contributed by atoms with Crippen molar-refractivity contribution in [2.24, 2.45) is 4.99 Å². The molecule has 1 fully saturated rings. The highest BCUT2D eigenvalue weighted by Gasteiger charge is 2.14. The van der Waals surface area contributed by atoms with Crippen molar-refractivity contribution in [2.75, 3.05) is 24.5 Å². The van der Waals surface area contributed by atoms with E-state index in [1.165, 1.54) is 37.0 Å². The monoisotopic (exact) mass is 229 g/mol. The van der Waals surface area contributed by atoms with Crippen LogP contribution in [0.2, 0.25) is 0 Å². The molecule has 3 rings (SSSR count). The molecule has 17 heavy (non-hydrogen) atoms. The fourth-order valence-corrected chi connectivity index (χ4v) is 2.62. The first-order valence-electron chi connectivity index (χ1n) is 6.68. The van der Waals surface area contributed by atoms with Crippen LogP contribution in [0, 0.1) is 0 Å². The average Bonchev–Trinajstić information content (AvgIpc) is 2.94. The van der Waals surface area contributed by atoms with Crippen LogP contribution < -0.4 is 4.90 Å². The van der Waals surface area contributed by atoms with Gasteiger partial charge in [0, 0.05) is 37.1 Å². The maximum atomic E-state index is 4.59. The Morgan fingerprint density at radius 1 is 1.00 bits per heavy atom. The predicted octanol–water partition coefficient (Wildman–Crippen LogP) is 2.65. The predicted molar refractivity (Wildman–Crippen MR) is 70.9 cm³/mol. The first-order valence-corrected chi connectivity index (χ1v) is 6.68. The van der Waals surface area contributed by atoms with Gasteiger partial charge in [0.1, 0.15) is 5.82 Å². The number of pyridine rings is 1. The van der Waals surface area contributed by atoms with E-state index in [0.29, 0.717) is 0 Å². The Morgan fingerprint density at radius 3 is 2.53 bits per heavy atom. The number of nitrogens with zero attached hydrogens (tertiary/aromatic N) is 3. The summed E-state index contributed by atoms with van der Waals surface area (Å²) in [7, 11) is 0. The lowest BCUT2D eigenvalue weighted by molar-refractivity contribution is 0.738. The molecule has 3 heteroatoms. The van der Waals surface area contributed by atoms with Crippen molar-refractivity contribution in [3.05, 3.63) is 23.9 Å². The molecule has 2 aliphatic rings. The van der Waals surface area contributed by atoms with E-state index in [1.54, 1.807) is 0 Å². The number of aliphatic imine (C=N–C) groups is 1. The minimum atomic E-state index is 0.989. The summed E-state index contributed by atoms with van der Waals surface area (Å²) in [5.41, 5.74) is 2.46. The zero-order valence-electron chi connectivity index (χ0n) is 10.2. The van der Waals surface area contributed by atoms with Gasteiger partial charge in [-0.25, -0.2) is 4.98 Å². The quantitative estimate of drug-likeness (QED) is 0.780. The van der Waals surface area contributed by atoms with Crippen molar-refractivity contribution in [1.29, 1.82) is 0 Å². The van der Waals surface area contributed by atoms with Gasteiger partial charge in [-0.2, -0.15) is 0 Å². The second-order valence-corrected chi connectivity index (χ2v) is 4.88. The average molecular weight is 229 g/mol. The van der Waals surface area contributed by atoms with Crippen molar-refractivity contribution in [2.45, 2.75) is 32.1 Å². The van der Waals surface area contributed by atoms with E-state index in [0.717, 1.165) is 31.9 Å². The molecule has 0 saturated carbocycles. The van der Waals surface area contributed by atoms with E-state index in [2.05, 4.69) is 27.0 Å². The molecule has 3 heterocycles. The van der Waals surface area contributed by atoms with E-state index < -0.39 is 0 Å². The van der Waals surface area contributed by atoms with Crippen LogP contribution in [0.15, 0.2) is 23.3 Å². The molecule has 3 nitrogen and oxygen atoms in total. The van der Waals surface area contributed by atoms with Gasteiger partial charge in [0.2, 0.25) is 0 Å². The Morgan fingerprint density at radius 2 is 1.88 bits per heavy atom. The fraction of sp³-hybridized carbons (Fsp3) is 0.571. The molecule has 0 aliphatic carbocycles. The molecule has 0 unspecified atom stereocenters. The standard InChI is InChI=1S/C14H19N3/c1-2-8-15-13(5-1)12-6-7-14(16-11-12)17-9-3-4-10-17/h6-7,11H,1-5,8-10H2. The molecular weight excluding hydrogens is 210 g/mol. The Bertz CT molecular complexity index is 402. The summed E-state index contributed by atoms with van der Waals surface area (Å²) < 4.78 is 0. The van der Waals surface area contributed by atoms with Gasteiger partial charge in [-0.15, -0.1) is 0 Å². The Labute approximate surface area is 103 Å². The van der Waals surface area contributed by atoms with Crippen molar-refractivity contribution in [1.82, 2.24) is 4.98 Å². The van der Waals surface area contributed by atoms with Gasteiger partial charge in [-0.3, -0.25) is 4.99 Å². The van der Waals surface area contributed by atoms with Gasteiger partial charge in [0.05, 0.1) is 0 Å². The maximum absolute atomic E-state index is 4.59. The lowest BCUT2D eigenvalue weighted by atomic mass is 10.0. The Hall–Kier alpha value is -1.38. The van der Waals surface area contributed by atoms with Crippen LogP contribution >= 0.6 is 0 Å². The van der Waals surface area contributed by atoms with Gasteiger partial charge >= 0.3 is 0 Å². The van der Waals surface area contributed by atoms with Crippen LogP contribution in [-0.2, 0) is 0 Å². The molecule has 0 spiro atoms. The van der Waals surface area contributed by atoms with Crippen molar-refractivity contribution < 1.29 is 0 Å². The first kappa shape index (κ1) is 10.8. The third kappa shape index (κ3) is 2.33. The summed E-state index contributed by atoms with van der Waals surface area (Å²) in [6.07, 6.45) is 8.23. The summed E-state index contributed by atoms with van der Waals surface area (Å²) >= 11 is 0. The molecule has 0 atom stereocenters. The Kier molecular flexibility index (Phi) is 3.08. The largest absolute Gasteiger partial charge is 0.357 e. The molecule has 0 aromatic carbocycles. The molecule has 1 saturated heterocycles. The van der Waals surface area contributed by atoms with Gasteiger partial charge in [0.15, 0.2) is 0 Å². The minimum absolute atomic E-state index is 0.989. The lowest BCUT2D eigenvalue weighted by Gasteiger charge is -2.17. The topological polar surface area (TPSA) is 28.5 Å². The van der Waals surface area contributed by atoms with E-state index in [1.807, 2.05) is 6.20 Å². The molecule has 1 aromatic heterocycles. The highest BCUT2D eigenvalue weighted by Crippen LogP contribution is 2.19. The van der Waals surface area contributed by atoms with Gasteiger partial charge in [-0.1, -0.05) is 0 Å². The van der Waals surface area contributed by atoms with Crippen molar-refractivity contribution in [3.8, 4) is 0 Å². The number of anilines is 1. The van der Waals surface area contributed by atoms with Crippen LogP contribution in [0.3, 0.4) is 0 Å². The number of rotatable bonds is 2. The minimum Gasteiger partial charge on any atom is -0.357 e. The second-order valence-electron chi connectivity index (χ2n) is 4.88. The van der Waals surface area contributed by atoms with Gasteiger partial charge < -0.3 is 4.90 Å². The van der Waals surface area contributed by atoms with E-state index >= 15 is 0 Å². The van der Waals surface area contributed by atoms with Crippen molar-refractivity contribution in [3.63, 3.8) is 0 Å². The molecule has 0 N–H and O–H groups in total. The van der Waals surface area contributed by atoms with E-state index in [9.17, 15) is 0 Å². The highest BCUT2D eigenvalue weighted by molar-refractivity contribution is 6.00. The molecule has 0 bridgehead atoms. The van der Waals surface area contributed by atoms with E-state index in [-0.39, 0.29) is 0 Å². The molecule has 1 aromatic rings. The summed E-state index contributed by atoms with van der Waals surface area (Å²) in [4.78, 5) is 11.5.